The predicted molar refractivity (Wildman–Crippen MR) is 106 cm³/mol. The van der Waals surface area contributed by atoms with Gasteiger partial charge in [-0.25, -0.2) is 4.98 Å². The van der Waals surface area contributed by atoms with Crippen LogP contribution in [0.4, 0.5) is 0 Å². The molecular formula is C20H18N4O2S. The van der Waals surface area contributed by atoms with Crippen molar-refractivity contribution >= 4 is 22.8 Å². The first kappa shape index (κ1) is 17.5. The molecule has 4 aromatic rings. The molecular weight excluding hydrogens is 360 g/mol. The molecule has 0 unspecified atom stereocenters. The van der Waals surface area contributed by atoms with E-state index in [2.05, 4.69) is 15.2 Å². The van der Waals surface area contributed by atoms with Crippen LogP contribution >= 0.6 is 11.8 Å². The highest BCUT2D eigenvalue weighted by molar-refractivity contribution is 7.98. The molecule has 0 aliphatic carbocycles. The zero-order valence-corrected chi connectivity index (χ0v) is 15.9. The van der Waals surface area contributed by atoms with Gasteiger partial charge in [0.05, 0.1) is 5.39 Å². The number of rotatable bonds is 5. The normalized spacial score (nSPS) is 11.2. The summed E-state index contributed by atoms with van der Waals surface area (Å²) in [6.45, 7) is 4.60. The van der Waals surface area contributed by atoms with Gasteiger partial charge in [-0.1, -0.05) is 42.1 Å². The lowest BCUT2D eigenvalue weighted by atomic mass is 10.2. The molecule has 0 N–H and O–H groups in total. The molecule has 3 heterocycles. The van der Waals surface area contributed by atoms with Crippen molar-refractivity contribution in [2.45, 2.75) is 31.4 Å². The standard InChI is InChI=1S/C20H18N4O2S/c1-3-24-11-16(17(25)15-10-9-13(2)21-18(15)24)19-22-23-20(26-19)27-12-14-7-5-4-6-8-14/h4-11H,3,12H2,1-2H3. The third kappa shape index (κ3) is 3.50. The van der Waals surface area contributed by atoms with E-state index in [-0.39, 0.29) is 11.3 Å². The lowest BCUT2D eigenvalue weighted by molar-refractivity contribution is 0.465. The minimum atomic E-state index is -0.148. The van der Waals surface area contributed by atoms with E-state index in [0.717, 1.165) is 11.4 Å². The van der Waals surface area contributed by atoms with Crippen LogP contribution in [-0.4, -0.2) is 19.7 Å². The van der Waals surface area contributed by atoms with E-state index in [1.54, 1.807) is 12.3 Å². The van der Waals surface area contributed by atoms with Gasteiger partial charge in [0.1, 0.15) is 11.2 Å². The second kappa shape index (κ2) is 7.36. The third-order valence-electron chi connectivity index (χ3n) is 4.24. The fourth-order valence-electron chi connectivity index (χ4n) is 2.85. The number of pyridine rings is 2. The van der Waals surface area contributed by atoms with Gasteiger partial charge in [-0.15, -0.1) is 10.2 Å². The van der Waals surface area contributed by atoms with Gasteiger partial charge < -0.3 is 8.98 Å². The first-order chi connectivity index (χ1) is 13.2. The van der Waals surface area contributed by atoms with E-state index in [9.17, 15) is 4.79 Å². The molecule has 0 bridgehead atoms. The number of thioether (sulfide) groups is 1. The summed E-state index contributed by atoms with van der Waals surface area (Å²) in [6.07, 6.45) is 1.75. The van der Waals surface area contributed by atoms with E-state index < -0.39 is 0 Å². The van der Waals surface area contributed by atoms with Gasteiger partial charge in [0, 0.05) is 24.2 Å². The highest BCUT2D eigenvalue weighted by atomic mass is 32.2. The number of fused-ring (bicyclic) bond motifs is 1. The quantitative estimate of drug-likeness (QED) is 0.488. The predicted octanol–water partition coefficient (Wildman–Crippen LogP) is 4.07. The summed E-state index contributed by atoms with van der Waals surface area (Å²) in [5, 5.41) is 9.16. The lowest BCUT2D eigenvalue weighted by Crippen LogP contribution is -2.13. The molecule has 136 valence electrons. The van der Waals surface area contributed by atoms with Crippen molar-refractivity contribution < 1.29 is 4.42 Å². The Bertz CT molecular complexity index is 1150. The Morgan fingerprint density at radius 1 is 1.11 bits per heavy atom. The van der Waals surface area contributed by atoms with Crippen LogP contribution in [0.5, 0.6) is 0 Å². The summed E-state index contributed by atoms with van der Waals surface area (Å²) in [5.74, 6) is 0.961. The summed E-state index contributed by atoms with van der Waals surface area (Å²) in [4.78, 5) is 17.4. The fourth-order valence-corrected chi connectivity index (χ4v) is 3.57. The molecule has 0 saturated carbocycles. The van der Waals surface area contributed by atoms with Crippen molar-refractivity contribution in [3.63, 3.8) is 0 Å². The van der Waals surface area contributed by atoms with Crippen LogP contribution in [0.1, 0.15) is 18.2 Å². The monoisotopic (exact) mass is 378 g/mol. The van der Waals surface area contributed by atoms with Gasteiger partial charge in [0.2, 0.25) is 5.43 Å². The maximum Gasteiger partial charge on any atom is 0.277 e. The average molecular weight is 378 g/mol. The fraction of sp³-hybridized carbons (Fsp3) is 0.200. The third-order valence-corrected chi connectivity index (χ3v) is 5.13. The van der Waals surface area contributed by atoms with Gasteiger partial charge in [-0.05, 0) is 31.5 Å². The van der Waals surface area contributed by atoms with Crippen LogP contribution in [0, 0.1) is 6.92 Å². The van der Waals surface area contributed by atoms with Crippen molar-refractivity contribution in [1.29, 1.82) is 0 Å². The van der Waals surface area contributed by atoms with E-state index in [0.29, 0.717) is 28.4 Å². The molecule has 0 aliphatic rings. The zero-order chi connectivity index (χ0) is 18.8. The van der Waals surface area contributed by atoms with E-state index in [1.807, 2.05) is 54.8 Å². The minimum Gasteiger partial charge on any atom is -0.411 e. The second-order valence-electron chi connectivity index (χ2n) is 6.13. The molecule has 1 aromatic carbocycles. The molecule has 7 heteroatoms. The summed E-state index contributed by atoms with van der Waals surface area (Å²) >= 11 is 1.45. The van der Waals surface area contributed by atoms with Crippen molar-refractivity contribution in [1.82, 2.24) is 19.7 Å². The molecule has 27 heavy (non-hydrogen) atoms. The summed E-state index contributed by atoms with van der Waals surface area (Å²) < 4.78 is 7.68. The van der Waals surface area contributed by atoms with Gasteiger partial charge in [0.25, 0.3) is 11.1 Å². The Kier molecular flexibility index (Phi) is 4.77. The van der Waals surface area contributed by atoms with E-state index >= 15 is 0 Å². The molecule has 0 spiro atoms. The van der Waals surface area contributed by atoms with Gasteiger partial charge in [-0.3, -0.25) is 4.79 Å². The molecule has 0 fully saturated rings. The first-order valence-electron chi connectivity index (χ1n) is 8.67. The largest absolute Gasteiger partial charge is 0.411 e. The summed E-state index contributed by atoms with van der Waals surface area (Å²) in [5.41, 5.74) is 2.96. The maximum atomic E-state index is 12.9. The molecule has 0 saturated heterocycles. The van der Waals surface area contributed by atoms with Gasteiger partial charge in [-0.2, -0.15) is 0 Å². The Balaban J connectivity index is 1.68. The van der Waals surface area contributed by atoms with E-state index in [1.165, 1.54) is 17.3 Å². The number of hydrogen-bond donors (Lipinski definition) is 0. The van der Waals surface area contributed by atoms with Gasteiger partial charge in [0.15, 0.2) is 0 Å². The summed E-state index contributed by atoms with van der Waals surface area (Å²) in [7, 11) is 0. The van der Waals surface area contributed by atoms with Crippen LogP contribution in [0.15, 0.2) is 63.1 Å². The molecule has 0 amide bonds. The number of hydrogen-bond acceptors (Lipinski definition) is 6. The molecule has 6 nitrogen and oxygen atoms in total. The molecule has 0 atom stereocenters. The van der Waals surface area contributed by atoms with Crippen molar-refractivity contribution in [2.24, 2.45) is 0 Å². The lowest BCUT2D eigenvalue weighted by Gasteiger charge is -2.09. The molecule has 0 radical (unpaired) electrons. The highest BCUT2D eigenvalue weighted by Crippen LogP contribution is 2.25. The van der Waals surface area contributed by atoms with E-state index in [4.69, 9.17) is 4.42 Å². The zero-order valence-electron chi connectivity index (χ0n) is 15.0. The Labute approximate surface area is 160 Å². The van der Waals surface area contributed by atoms with Crippen molar-refractivity contribution in [3.05, 3.63) is 70.1 Å². The topological polar surface area (TPSA) is 73.8 Å². The summed E-state index contributed by atoms with van der Waals surface area (Å²) in [6, 6.07) is 13.7. The van der Waals surface area contributed by atoms with Crippen LogP contribution in [-0.2, 0) is 12.3 Å². The van der Waals surface area contributed by atoms with Crippen LogP contribution in [0.2, 0.25) is 0 Å². The van der Waals surface area contributed by atoms with Crippen LogP contribution in [0.25, 0.3) is 22.5 Å². The number of benzene rings is 1. The van der Waals surface area contributed by atoms with Crippen LogP contribution < -0.4 is 5.43 Å². The van der Waals surface area contributed by atoms with Crippen molar-refractivity contribution in [2.75, 3.05) is 0 Å². The maximum absolute atomic E-state index is 12.9. The number of aromatic nitrogens is 4. The highest BCUT2D eigenvalue weighted by Gasteiger charge is 2.17. The second-order valence-corrected chi connectivity index (χ2v) is 7.06. The Morgan fingerprint density at radius 3 is 2.70 bits per heavy atom. The van der Waals surface area contributed by atoms with Gasteiger partial charge >= 0.3 is 0 Å². The Hall–Kier alpha value is -2.93. The van der Waals surface area contributed by atoms with Crippen LogP contribution in [0.3, 0.4) is 0 Å². The molecule has 4 rings (SSSR count). The average Bonchev–Trinajstić information content (AvgIpc) is 3.16. The van der Waals surface area contributed by atoms with Crippen molar-refractivity contribution in [3.8, 4) is 11.5 Å². The SMILES string of the molecule is CCn1cc(-c2nnc(SCc3ccccc3)o2)c(=O)c2ccc(C)nc21. The molecule has 3 aromatic heterocycles. The minimum absolute atomic E-state index is 0.148. The number of nitrogens with zero attached hydrogens (tertiary/aromatic N) is 4. The number of aryl methyl sites for hydroxylation is 2. The molecule has 0 aliphatic heterocycles. The Morgan fingerprint density at radius 2 is 1.93 bits per heavy atom. The first-order valence-corrected chi connectivity index (χ1v) is 9.65. The smallest absolute Gasteiger partial charge is 0.277 e.